The van der Waals surface area contributed by atoms with E-state index in [1.807, 2.05) is 0 Å². The van der Waals surface area contributed by atoms with Gasteiger partial charge in [0.05, 0.1) is 18.5 Å². The molecule has 0 saturated carbocycles. The molecule has 0 radical (unpaired) electrons. The van der Waals surface area contributed by atoms with Gasteiger partial charge in [0.2, 0.25) is 0 Å². The van der Waals surface area contributed by atoms with Crippen molar-refractivity contribution in [2.24, 2.45) is 0 Å². The van der Waals surface area contributed by atoms with Crippen LogP contribution in [0.4, 0.5) is 5.69 Å². The first-order chi connectivity index (χ1) is 7.63. The van der Waals surface area contributed by atoms with Crippen molar-refractivity contribution in [3.63, 3.8) is 0 Å². The first-order valence-electron chi connectivity index (χ1n) is 4.57. The molecule has 0 unspecified atom stereocenters. The number of non-ortho nitro benzene ring substituents is 1. The van der Waals surface area contributed by atoms with Crippen molar-refractivity contribution in [1.82, 2.24) is 0 Å². The Morgan fingerprint density at radius 3 is 2.94 bits per heavy atom. The molecule has 0 atom stereocenters. The first kappa shape index (κ1) is 12.5. The molecule has 86 valence electrons. The maximum atomic E-state index is 10.8. The summed E-state index contributed by atoms with van der Waals surface area (Å²) >= 11 is 1.39. The van der Waals surface area contributed by atoms with E-state index >= 15 is 0 Å². The fraction of sp³-hybridized carbons (Fsp3) is 0.300. The molecule has 1 aromatic carbocycles. The average Bonchev–Trinajstić information content (AvgIpc) is 2.29. The van der Waals surface area contributed by atoms with E-state index < -0.39 is 4.92 Å². The Labute approximate surface area is 96.9 Å². The van der Waals surface area contributed by atoms with Crippen molar-refractivity contribution >= 4 is 23.4 Å². The van der Waals surface area contributed by atoms with E-state index in [0.717, 1.165) is 4.90 Å². The number of methoxy groups -OCH3 is 1. The SMILES string of the molecule is COC(=O)CCSc1cccc([N+](=O)[O-])c1. The molecule has 0 amide bonds. The van der Waals surface area contributed by atoms with E-state index in [4.69, 9.17) is 0 Å². The highest BCUT2D eigenvalue weighted by Crippen LogP contribution is 2.23. The third kappa shape index (κ3) is 3.90. The standard InChI is InChI=1S/C10H11NO4S/c1-15-10(12)5-6-16-9-4-2-3-8(7-9)11(13)14/h2-4,7H,5-6H2,1H3. The smallest absolute Gasteiger partial charge is 0.306 e. The molecule has 0 aliphatic heterocycles. The minimum Gasteiger partial charge on any atom is -0.469 e. The minimum absolute atomic E-state index is 0.0584. The van der Waals surface area contributed by atoms with Crippen LogP contribution in [0.25, 0.3) is 0 Å². The second-order valence-electron chi connectivity index (χ2n) is 2.93. The van der Waals surface area contributed by atoms with Crippen LogP contribution in [0.5, 0.6) is 0 Å². The maximum absolute atomic E-state index is 10.8. The van der Waals surface area contributed by atoms with Crippen molar-refractivity contribution in [2.45, 2.75) is 11.3 Å². The fourth-order valence-electron chi connectivity index (χ4n) is 1.04. The molecule has 0 aliphatic carbocycles. The number of rotatable bonds is 5. The summed E-state index contributed by atoms with van der Waals surface area (Å²) in [7, 11) is 1.33. The van der Waals surface area contributed by atoms with Gasteiger partial charge in [-0.05, 0) is 6.07 Å². The molecule has 0 saturated heterocycles. The number of benzene rings is 1. The van der Waals surface area contributed by atoms with Crippen LogP contribution in [0.2, 0.25) is 0 Å². The highest BCUT2D eigenvalue weighted by molar-refractivity contribution is 7.99. The van der Waals surface area contributed by atoms with Crippen molar-refractivity contribution in [2.75, 3.05) is 12.9 Å². The van der Waals surface area contributed by atoms with Crippen molar-refractivity contribution in [3.8, 4) is 0 Å². The van der Waals surface area contributed by atoms with Gasteiger partial charge in [0.1, 0.15) is 0 Å². The number of carbonyl (C=O) groups is 1. The zero-order valence-electron chi connectivity index (χ0n) is 8.71. The van der Waals surface area contributed by atoms with Crippen molar-refractivity contribution in [3.05, 3.63) is 34.4 Å². The first-order valence-corrected chi connectivity index (χ1v) is 5.56. The van der Waals surface area contributed by atoms with E-state index in [2.05, 4.69) is 4.74 Å². The molecule has 6 heteroatoms. The van der Waals surface area contributed by atoms with Gasteiger partial charge in [-0.2, -0.15) is 0 Å². The highest BCUT2D eigenvalue weighted by atomic mass is 32.2. The second kappa shape index (κ2) is 6.12. The number of nitro benzene ring substituents is 1. The average molecular weight is 241 g/mol. The van der Waals surface area contributed by atoms with Gasteiger partial charge in [-0.1, -0.05) is 6.07 Å². The Balaban J connectivity index is 2.51. The largest absolute Gasteiger partial charge is 0.469 e. The van der Waals surface area contributed by atoms with Crippen LogP contribution in [0, 0.1) is 10.1 Å². The van der Waals surface area contributed by atoms with Crippen LogP contribution in [0.3, 0.4) is 0 Å². The molecule has 16 heavy (non-hydrogen) atoms. The Bertz CT molecular complexity index is 394. The molecule has 0 bridgehead atoms. The third-order valence-corrected chi connectivity index (χ3v) is 2.83. The van der Waals surface area contributed by atoms with E-state index in [9.17, 15) is 14.9 Å². The molecular weight excluding hydrogens is 230 g/mol. The van der Waals surface area contributed by atoms with E-state index in [1.165, 1.54) is 31.0 Å². The highest BCUT2D eigenvalue weighted by Gasteiger charge is 2.06. The second-order valence-corrected chi connectivity index (χ2v) is 4.10. The molecule has 0 aromatic heterocycles. The van der Waals surface area contributed by atoms with Gasteiger partial charge >= 0.3 is 5.97 Å². The normalized spacial score (nSPS) is 9.81. The predicted molar refractivity (Wildman–Crippen MR) is 60.5 cm³/mol. The number of thioether (sulfide) groups is 1. The Morgan fingerprint density at radius 1 is 1.56 bits per heavy atom. The van der Waals surface area contributed by atoms with Crippen LogP contribution >= 0.6 is 11.8 Å². The molecule has 1 rings (SSSR count). The van der Waals surface area contributed by atoms with Gasteiger partial charge in [0, 0.05) is 22.8 Å². The van der Waals surface area contributed by atoms with Crippen LogP contribution in [-0.2, 0) is 9.53 Å². The van der Waals surface area contributed by atoms with E-state index in [1.54, 1.807) is 12.1 Å². The van der Waals surface area contributed by atoms with Gasteiger partial charge in [-0.15, -0.1) is 11.8 Å². The Hall–Kier alpha value is -1.56. The lowest BCUT2D eigenvalue weighted by Gasteiger charge is -2.00. The monoisotopic (exact) mass is 241 g/mol. The fourth-order valence-corrected chi connectivity index (χ4v) is 1.92. The number of hydrogen-bond donors (Lipinski definition) is 0. The van der Waals surface area contributed by atoms with Crippen LogP contribution in [-0.4, -0.2) is 23.8 Å². The zero-order chi connectivity index (χ0) is 12.0. The zero-order valence-corrected chi connectivity index (χ0v) is 9.53. The molecule has 0 N–H and O–H groups in total. The van der Waals surface area contributed by atoms with Crippen molar-refractivity contribution < 1.29 is 14.5 Å². The molecule has 1 aromatic rings. The molecule has 0 aliphatic rings. The summed E-state index contributed by atoms with van der Waals surface area (Å²) in [6.07, 6.45) is 0.295. The van der Waals surface area contributed by atoms with Gasteiger partial charge in [-0.3, -0.25) is 14.9 Å². The third-order valence-electron chi connectivity index (χ3n) is 1.83. The molecular formula is C10H11NO4S. The van der Waals surface area contributed by atoms with Gasteiger partial charge in [0.15, 0.2) is 0 Å². The van der Waals surface area contributed by atoms with E-state index in [0.29, 0.717) is 12.2 Å². The summed E-state index contributed by atoms with van der Waals surface area (Å²) in [6.45, 7) is 0. The topological polar surface area (TPSA) is 69.4 Å². The lowest BCUT2D eigenvalue weighted by molar-refractivity contribution is -0.385. The molecule has 0 spiro atoms. The summed E-state index contributed by atoms with van der Waals surface area (Å²) in [5, 5.41) is 10.5. The number of hydrogen-bond acceptors (Lipinski definition) is 5. The van der Waals surface area contributed by atoms with E-state index in [-0.39, 0.29) is 11.7 Å². The quantitative estimate of drug-likeness (QED) is 0.342. The van der Waals surface area contributed by atoms with Gasteiger partial charge < -0.3 is 4.74 Å². The van der Waals surface area contributed by atoms with Crippen LogP contribution in [0.15, 0.2) is 29.2 Å². The number of nitrogens with zero attached hydrogens (tertiary/aromatic N) is 1. The predicted octanol–water partition coefficient (Wildman–Crippen LogP) is 2.25. The summed E-state index contributed by atoms with van der Waals surface area (Å²) < 4.78 is 4.49. The summed E-state index contributed by atoms with van der Waals surface area (Å²) in [5.74, 6) is 0.270. The Morgan fingerprint density at radius 2 is 2.31 bits per heavy atom. The number of carbonyl (C=O) groups excluding carboxylic acids is 1. The van der Waals surface area contributed by atoms with Gasteiger partial charge in [0.25, 0.3) is 5.69 Å². The summed E-state index contributed by atoms with van der Waals surface area (Å²) in [4.78, 5) is 21.7. The summed E-state index contributed by atoms with van der Waals surface area (Å²) in [5.41, 5.74) is 0.0584. The molecule has 0 fully saturated rings. The Kier molecular flexibility index (Phi) is 4.78. The van der Waals surface area contributed by atoms with Gasteiger partial charge in [-0.25, -0.2) is 0 Å². The van der Waals surface area contributed by atoms with Crippen LogP contribution in [0.1, 0.15) is 6.42 Å². The van der Waals surface area contributed by atoms with Crippen molar-refractivity contribution in [1.29, 1.82) is 0 Å². The molecule has 5 nitrogen and oxygen atoms in total. The molecule has 0 heterocycles. The number of esters is 1. The lowest BCUT2D eigenvalue weighted by Crippen LogP contribution is -2.00. The number of ether oxygens (including phenoxy) is 1. The number of nitro groups is 1. The van der Waals surface area contributed by atoms with Crippen LogP contribution < -0.4 is 0 Å². The maximum Gasteiger partial charge on any atom is 0.306 e. The summed E-state index contributed by atoms with van der Waals surface area (Å²) in [6, 6.07) is 6.32. The minimum atomic E-state index is -0.440. The lowest BCUT2D eigenvalue weighted by atomic mass is 10.3.